The van der Waals surface area contributed by atoms with E-state index in [0.717, 1.165) is 12.1 Å². The van der Waals surface area contributed by atoms with Gasteiger partial charge in [-0.15, -0.1) is 0 Å². The van der Waals surface area contributed by atoms with E-state index in [9.17, 15) is 35.5 Å². The van der Waals surface area contributed by atoms with Crippen LogP contribution in [0.4, 0.5) is 30.7 Å². The van der Waals surface area contributed by atoms with Crippen molar-refractivity contribution in [3.05, 3.63) is 35.1 Å². The number of ether oxygens (including phenoxy) is 1. The number of hydrogen-bond donors (Lipinski definition) is 1. The standard InChI is InChI=1S/C12H10F7NO2/c13-8-2-1-7(9(3-8)12(17,18)19)4-20-10(21)5-22-6-11(14,15)16/h1-3H,4-6H2,(H,20,21). The molecule has 124 valence electrons. The molecule has 0 aliphatic rings. The maximum atomic E-state index is 12.8. The predicted octanol–water partition coefficient (Wildman–Crippen LogP) is 3.04. The molecule has 0 saturated carbocycles. The number of nitrogens with one attached hydrogen (secondary N) is 1. The molecule has 0 unspecified atom stereocenters. The van der Waals surface area contributed by atoms with E-state index in [1.54, 1.807) is 0 Å². The van der Waals surface area contributed by atoms with E-state index in [1.807, 2.05) is 5.32 Å². The minimum atomic E-state index is -4.82. The second kappa shape index (κ2) is 6.95. The molecular weight excluding hydrogens is 323 g/mol. The van der Waals surface area contributed by atoms with Gasteiger partial charge in [-0.1, -0.05) is 6.07 Å². The van der Waals surface area contributed by atoms with E-state index in [0.29, 0.717) is 0 Å². The van der Waals surface area contributed by atoms with Gasteiger partial charge in [-0.3, -0.25) is 4.79 Å². The summed E-state index contributed by atoms with van der Waals surface area (Å²) >= 11 is 0. The third-order valence-electron chi connectivity index (χ3n) is 2.35. The fourth-order valence-corrected chi connectivity index (χ4v) is 1.47. The summed E-state index contributed by atoms with van der Waals surface area (Å²) in [5.41, 5.74) is -1.69. The second-order valence-corrected chi connectivity index (χ2v) is 4.18. The number of rotatable bonds is 5. The van der Waals surface area contributed by atoms with Gasteiger partial charge in [-0.05, 0) is 17.7 Å². The van der Waals surface area contributed by atoms with Crippen LogP contribution in [0.2, 0.25) is 0 Å². The van der Waals surface area contributed by atoms with Gasteiger partial charge >= 0.3 is 12.4 Å². The van der Waals surface area contributed by atoms with Gasteiger partial charge < -0.3 is 10.1 Å². The number of alkyl halides is 6. The lowest BCUT2D eigenvalue weighted by molar-refractivity contribution is -0.175. The SMILES string of the molecule is O=C(COCC(F)(F)F)NCc1ccc(F)cc1C(F)(F)F. The summed E-state index contributed by atoms with van der Waals surface area (Å²) in [6.45, 7) is -3.23. The number of hydrogen-bond acceptors (Lipinski definition) is 2. The molecule has 3 nitrogen and oxygen atoms in total. The van der Waals surface area contributed by atoms with Crippen molar-refractivity contribution in [1.29, 1.82) is 0 Å². The Morgan fingerprint density at radius 1 is 1.14 bits per heavy atom. The molecule has 0 heterocycles. The van der Waals surface area contributed by atoms with Crippen LogP contribution in [0.15, 0.2) is 18.2 Å². The Morgan fingerprint density at radius 3 is 2.32 bits per heavy atom. The second-order valence-electron chi connectivity index (χ2n) is 4.18. The monoisotopic (exact) mass is 333 g/mol. The average Bonchev–Trinajstić information content (AvgIpc) is 2.34. The van der Waals surface area contributed by atoms with Crippen LogP contribution in [-0.4, -0.2) is 25.3 Å². The predicted molar refractivity (Wildman–Crippen MR) is 60.1 cm³/mol. The molecule has 1 rings (SSSR count). The van der Waals surface area contributed by atoms with Crippen LogP contribution in [0.3, 0.4) is 0 Å². The molecule has 0 aliphatic heterocycles. The summed E-state index contributed by atoms with van der Waals surface area (Å²) < 4.78 is 90.1. The zero-order chi connectivity index (χ0) is 17.0. The Balaban J connectivity index is 2.60. The highest BCUT2D eigenvalue weighted by atomic mass is 19.4. The molecule has 0 radical (unpaired) electrons. The minimum absolute atomic E-state index is 0.266. The van der Waals surface area contributed by atoms with Gasteiger partial charge in [0, 0.05) is 6.54 Å². The molecular formula is C12H10F7NO2. The Morgan fingerprint density at radius 2 is 1.77 bits per heavy atom. The molecule has 10 heteroatoms. The van der Waals surface area contributed by atoms with Gasteiger partial charge in [0.15, 0.2) is 0 Å². The first-order valence-electron chi connectivity index (χ1n) is 5.76. The van der Waals surface area contributed by atoms with E-state index in [-0.39, 0.29) is 6.07 Å². The smallest absolute Gasteiger partial charge is 0.362 e. The highest BCUT2D eigenvalue weighted by Gasteiger charge is 2.33. The summed E-state index contributed by atoms with van der Waals surface area (Å²) in [4.78, 5) is 11.2. The number of amides is 1. The van der Waals surface area contributed by atoms with Gasteiger partial charge in [-0.2, -0.15) is 26.3 Å². The molecule has 0 bridgehead atoms. The van der Waals surface area contributed by atoms with Crippen molar-refractivity contribution >= 4 is 5.91 Å². The van der Waals surface area contributed by atoms with E-state index >= 15 is 0 Å². The Kier molecular flexibility index (Phi) is 5.75. The zero-order valence-electron chi connectivity index (χ0n) is 10.8. The van der Waals surface area contributed by atoms with Gasteiger partial charge in [0.1, 0.15) is 19.0 Å². The summed E-state index contributed by atoms with van der Waals surface area (Å²) in [6, 6.07) is 1.87. The minimum Gasteiger partial charge on any atom is -0.362 e. The lowest BCUT2D eigenvalue weighted by atomic mass is 10.1. The molecule has 1 N–H and O–H groups in total. The fraction of sp³-hybridized carbons (Fsp3) is 0.417. The van der Waals surface area contributed by atoms with Crippen molar-refractivity contribution in [2.45, 2.75) is 18.9 Å². The zero-order valence-corrected chi connectivity index (χ0v) is 10.8. The molecule has 1 aromatic rings. The quantitative estimate of drug-likeness (QED) is 0.841. The molecule has 1 amide bonds. The van der Waals surface area contributed by atoms with E-state index in [1.165, 1.54) is 0 Å². The van der Waals surface area contributed by atoms with Crippen molar-refractivity contribution in [2.24, 2.45) is 0 Å². The lowest BCUT2D eigenvalue weighted by Gasteiger charge is -2.14. The molecule has 0 atom stereocenters. The molecule has 0 spiro atoms. The number of benzene rings is 1. The highest BCUT2D eigenvalue weighted by Crippen LogP contribution is 2.32. The molecule has 0 aliphatic carbocycles. The molecule has 0 fully saturated rings. The van der Waals surface area contributed by atoms with Crippen molar-refractivity contribution < 1.29 is 40.3 Å². The van der Waals surface area contributed by atoms with Crippen LogP contribution < -0.4 is 5.32 Å². The van der Waals surface area contributed by atoms with Crippen LogP contribution in [0.5, 0.6) is 0 Å². The van der Waals surface area contributed by atoms with Crippen LogP contribution >= 0.6 is 0 Å². The molecule has 1 aromatic carbocycles. The first-order chi connectivity index (χ1) is 9.99. The average molecular weight is 333 g/mol. The van der Waals surface area contributed by atoms with E-state index in [2.05, 4.69) is 4.74 Å². The van der Waals surface area contributed by atoms with Crippen LogP contribution in [0.25, 0.3) is 0 Å². The summed E-state index contributed by atoms with van der Waals surface area (Å²) in [6.07, 6.45) is -9.43. The Hall–Kier alpha value is -1.84. The molecule has 22 heavy (non-hydrogen) atoms. The first-order valence-corrected chi connectivity index (χ1v) is 5.76. The Bertz CT molecular complexity index is 525. The van der Waals surface area contributed by atoms with Crippen molar-refractivity contribution in [2.75, 3.05) is 13.2 Å². The van der Waals surface area contributed by atoms with Crippen LogP contribution in [0.1, 0.15) is 11.1 Å². The largest absolute Gasteiger partial charge is 0.416 e. The van der Waals surface area contributed by atoms with Crippen LogP contribution in [0, 0.1) is 5.82 Å². The van der Waals surface area contributed by atoms with Gasteiger partial charge in [0.25, 0.3) is 0 Å². The topological polar surface area (TPSA) is 38.3 Å². The highest BCUT2D eigenvalue weighted by molar-refractivity contribution is 5.77. The lowest BCUT2D eigenvalue weighted by Crippen LogP contribution is -2.30. The summed E-state index contributed by atoms with van der Waals surface area (Å²) in [7, 11) is 0. The maximum Gasteiger partial charge on any atom is 0.416 e. The Labute approximate surface area is 120 Å². The third kappa shape index (κ3) is 6.29. The van der Waals surface area contributed by atoms with Gasteiger partial charge in [-0.25, -0.2) is 4.39 Å². The number of halogens is 7. The summed E-state index contributed by atoms with van der Waals surface area (Å²) in [5, 5.41) is 1.96. The van der Waals surface area contributed by atoms with Crippen molar-refractivity contribution in [3.8, 4) is 0 Å². The molecule has 0 saturated heterocycles. The number of carbonyl (C=O) groups excluding carboxylic acids is 1. The van der Waals surface area contributed by atoms with Crippen molar-refractivity contribution in [3.63, 3.8) is 0 Å². The van der Waals surface area contributed by atoms with Crippen molar-refractivity contribution in [1.82, 2.24) is 5.32 Å². The third-order valence-corrected chi connectivity index (χ3v) is 2.35. The summed E-state index contributed by atoms with van der Waals surface area (Å²) in [5.74, 6) is -2.13. The van der Waals surface area contributed by atoms with E-state index < -0.39 is 55.0 Å². The number of carbonyl (C=O) groups is 1. The van der Waals surface area contributed by atoms with Gasteiger partial charge in [0.2, 0.25) is 5.91 Å². The first kappa shape index (κ1) is 18.2. The fourth-order valence-electron chi connectivity index (χ4n) is 1.47. The maximum absolute atomic E-state index is 12.8. The van der Waals surface area contributed by atoms with Gasteiger partial charge in [0.05, 0.1) is 5.56 Å². The van der Waals surface area contributed by atoms with E-state index in [4.69, 9.17) is 0 Å². The normalized spacial score (nSPS) is 12.3. The molecule has 0 aromatic heterocycles. The van der Waals surface area contributed by atoms with Crippen LogP contribution in [-0.2, 0) is 22.3 Å².